The van der Waals surface area contributed by atoms with E-state index in [-0.39, 0.29) is 0 Å². The molecule has 0 bridgehead atoms. The maximum Gasteiger partial charge on any atom is 0.295 e. The van der Waals surface area contributed by atoms with Crippen LogP contribution in [0.3, 0.4) is 0 Å². The van der Waals surface area contributed by atoms with Crippen molar-refractivity contribution in [3.63, 3.8) is 0 Å². The molecule has 2 heterocycles. The van der Waals surface area contributed by atoms with E-state index in [0.717, 1.165) is 29.9 Å². The van der Waals surface area contributed by atoms with Gasteiger partial charge < -0.3 is 15.5 Å². The molecule has 1 saturated heterocycles. The maximum absolute atomic E-state index is 11.3. The molecule has 0 atom stereocenters. The molecule has 2 aromatic rings. The number of anilines is 2. The summed E-state index contributed by atoms with van der Waals surface area (Å²) in [6.07, 6.45) is 1.79. The molecule has 0 unspecified atom stereocenters. The van der Waals surface area contributed by atoms with Crippen LogP contribution < -0.4 is 11.1 Å². The van der Waals surface area contributed by atoms with Gasteiger partial charge in [-0.1, -0.05) is 0 Å². The molecule has 1 aliphatic rings. The first-order chi connectivity index (χ1) is 8.70. The number of oxazole rings is 1. The molecule has 6 heteroatoms. The highest BCUT2D eigenvalue weighted by Gasteiger charge is 2.19. The van der Waals surface area contributed by atoms with Gasteiger partial charge in [-0.3, -0.25) is 4.21 Å². The van der Waals surface area contributed by atoms with Gasteiger partial charge in [-0.05, 0) is 25.0 Å². The van der Waals surface area contributed by atoms with E-state index < -0.39 is 10.8 Å². The number of nitrogens with two attached hydrogens (primary N) is 1. The molecule has 0 saturated carbocycles. The molecular formula is C12H15N3O2S. The average molecular weight is 265 g/mol. The molecule has 3 N–H and O–H groups in total. The van der Waals surface area contributed by atoms with Crippen LogP contribution in [0, 0.1) is 0 Å². The first-order valence-corrected chi connectivity index (χ1v) is 7.47. The van der Waals surface area contributed by atoms with Crippen LogP contribution in [-0.2, 0) is 10.8 Å². The Morgan fingerprint density at radius 2 is 2.17 bits per heavy atom. The summed E-state index contributed by atoms with van der Waals surface area (Å²) in [6, 6.07) is 6.23. The van der Waals surface area contributed by atoms with Crippen LogP contribution in [0.25, 0.3) is 11.1 Å². The molecule has 96 valence electrons. The number of rotatable bonds is 2. The number of nitrogens with zero attached hydrogens (tertiary/aromatic N) is 1. The van der Waals surface area contributed by atoms with Gasteiger partial charge in [0.2, 0.25) is 0 Å². The van der Waals surface area contributed by atoms with Gasteiger partial charge in [0.05, 0.1) is 0 Å². The fraction of sp³-hybridized carbons (Fsp3) is 0.417. The van der Waals surface area contributed by atoms with Crippen molar-refractivity contribution >= 4 is 33.6 Å². The van der Waals surface area contributed by atoms with Gasteiger partial charge in [-0.15, -0.1) is 0 Å². The Kier molecular flexibility index (Phi) is 2.95. The van der Waals surface area contributed by atoms with Crippen LogP contribution in [0.5, 0.6) is 0 Å². The van der Waals surface area contributed by atoms with Gasteiger partial charge in [-0.25, -0.2) is 0 Å². The number of nitrogens with one attached hydrogen (secondary N) is 1. The highest BCUT2D eigenvalue weighted by Crippen LogP contribution is 2.23. The second-order valence-electron chi connectivity index (χ2n) is 4.51. The summed E-state index contributed by atoms with van der Waals surface area (Å²) in [5.41, 5.74) is 7.84. The molecule has 5 nitrogen and oxygen atoms in total. The van der Waals surface area contributed by atoms with Crippen LogP contribution in [-0.4, -0.2) is 26.7 Å². The van der Waals surface area contributed by atoms with Crippen LogP contribution in [0.15, 0.2) is 22.6 Å². The van der Waals surface area contributed by atoms with Crippen molar-refractivity contribution in [2.45, 2.75) is 18.9 Å². The monoisotopic (exact) mass is 265 g/mol. The van der Waals surface area contributed by atoms with Crippen LogP contribution in [0.4, 0.5) is 11.7 Å². The molecule has 0 amide bonds. The van der Waals surface area contributed by atoms with Gasteiger partial charge in [0.1, 0.15) is 5.52 Å². The number of nitrogen functional groups attached to an aromatic ring is 1. The number of fused-ring (bicyclic) bond motifs is 1. The standard InChI is InChI=1S/C12H15N3O2S/c13-8-1-2-10-11(7-8)17-12(15-10)14-9-3-5-18(16)6-4-9/h1-2,7,9H,3-6,13H2,(H,14,15). The van der Waals surface area contributed by atoms with E-state index in [2.05, 4.69) is 10.3 Å². The van der Waals surface area contributed by atoms with Crippen molar-refractivity contribution in [2.24, 2.45) is 0 Å². The minimum atomic E-state index is -0.644. The Morgan fingerprint density at radius 1 is 1.39 bits per heavy atom. The maximum atomic E-state index is 11.3. The largest absolute Gasteiger partial charge is 0.423 e. The topological polar surface area (TPSA) is 81.1 Å². The van der Waals surface area contributed by atoms with Crippen LogP contribution in [0.2, 0.25) is 0 Å². The lowest BCUT2D eigenvalue weighted by atomic mass is 10.2. The molecule has 1 aliphatic heterocycles. The summed E-state index contributed by atoms with van der Waals surface area (Å²) in [5.74, 6) is 1.51. The third kappa shape index (κ3) is 2.33. The highest BCUT2D eigenvalue weighted by atomic mass is 32.2. The lowest BCUT2D eigenvalue weighted by Crippen LogP contribution is -2.29. The smallest absolute Gasteiger partial charge is 0.295 e. The number of hydrogen-bond acceptors (Lipinski definition) is 5. The Labute approximate surface area is 107 Å². The van der Waals surface area contributed by atoms with Crippen molar-refractivity contribution in [1.29, 1.82) is 0 Å². The van der Waals surface area contributed by atoms with Gasteiger partial charge in [0.25, 0.3) is 6.01 Å². The summed E-state index contributed by atoms with van der Waals surface area (Å²) in [4.78, 5) is 4.36. The number of aromatic nitrogens is 1. The molecule has 3 rings (SSSR count). The molecule has 0 aliphatic carbocycles. The highest BCUT2D eigenvalue weighted by molar-refractivity contribution is 7.85. The lowest BCUT2D eigenvalue weighted by molar-refractivity contribution is 0.569. The molecule has 0 spiro atoms. The summed E-state index contributed by atoms with van der Waals surface area (Å²) in [6.45, 7) is 0. The Morgan fingerprint density at radius 3 is 2.94 bits per heavy atom. The van der Waals surface area contributed by atoms with Crippen molar-refractivity contribution in [3.8, 4) is 0 Å². The zero-order valence-electron chi connectivity index (χ0n) is 9.89. The summed E-state index contributed by atoms with van der Waals surface area (Å²) >= 11 is 0. The molecular weight excluding hydrogens is 250 g/mol. The Bertz CT molecular complexity index is 586. The second kappa shape index (κ2) is 4.61. The summed E-state index contributed by atoms with van der Waals surface area (Å²) in [5, 5.41) is 3.26. The minimum Gasteiger partial charge on any atom is -0.423 e. The van der Waals surface area contributed by atoms with Gasteiger partial charge in [0, 0.05) is 40.1 Å². The zero-order chi connectivity index (χ0) is 12.5. The first kappa shape index (κ1) is 11.5. The first-order valence-electron chi connectivity index (χ1n) is 5.98. The van der Waals surface area contributed by atoms with Crippen molar-refractivity contribution < 1.29 is 8.63 Å². The van der Waals surface area contributed by atoms with E-state index in [1.807, 2.05) is 6.07 Å². The number of benzene rings is 1. The Balaban J connectivity index is 1.76. The third-order valence-electron chi connectivity index (χ3n) is 3.13. The van der Waals surface area contributed by atoms with Gasteiger partial charge in [-0.2, -0.15) is 4.98 Å². The lowest BCUT2D eigenvalue weighted by Gasteiger charge is -2.21. The fourth-order valence-electron chi connectivity index (χ4n) is 2.12. The van der Waals surface area contributed by atoms with Crippen molar-refractivity contribution in [2.75, 3.05) is 22.6 Å². The molecule has 18 heavy (non-hydrogen) atoms. The van der Waals surface area contributed by atoms with Crippen molar-refractivity contribution in [3.05, 3.63) is 18.2 Å². The average Bonchev–Trinajstić information content (AvgIpc) is 2.73. The molecule has 1 aromatic heterocycles. The fourth-order valence-corrected chi connectivity index (χ4v) is 3.41. The van der Waals surface area contributed by atoms with Gasteiger partial charge in [0.15, 0.2) is 5.58 Å². The molecule has 0 radical (unpaired) electrons. The van der Waals surface area contributed by atoms with E-state index in [4.69, 9.17) is 10.2 Å². The number of hydrogen-bond donors (Lipinski definition) is 2. The minimum absolute atomic E-state index is 0.299. The SMILES string of the molecule is Nc1ccc2nc(NC3CCS(=O)CC3)oc2c1. The van der Waals surface area contributed by atoms with Crippen LogP contribution >= 0.6 is 0 Å². The van der Waals surface area contributed by atoms with E-state index in [1.54, 1.807) is 12.1 Å². The normalized spacial score (nSPS) is 24.2. The predicted octanol–water partition coefficient (Wildman–Crippen LogP) is 1.73. The quantitative estimate of drug-likeness (QED) is 0.808. The summed E-state index contributed by atoms with van der Waals surface area (Å²) in [7, 11) is -0.644. The van der Waals surface area contributed by atoms with E-state index >= 15 is 0 Å². The van der Waals surface area contributed by atoms with Gasteiger partial charge >= 0.3 is 0 Å². The molecule has 1 aromatic carbocycles. The Hall–Kier alpha value is -1.56. The van der Waals surface area contributed by atoms with Crippen LogP contribution in [0.1, 0.15) is 12.8 Å². The summed E-state index contributed by atoms with van der Waals surface area (Å²) < 4.78 is 16.9. The van der Waals surface area contributed by atoms with E-state index in [0.29, 0.717) is 23.3 Å². The molecule has 1 fully saturated rings. The van der Waals surface area contributed by atoms with E-state index in [1.165, 1.54) is 0 Å². The zero-order valence-corrected chi connectivity index (χ0v) is 10.7. The van der Waals surface area contributed by atoms with Crippen molar-refractivity contribution in [1.82, 2.24) is 4.98 Å². The van der Waals surface area contributed by atoms with E-state index in [9.17, 15) is 4.21 Å². The second-order valence-corrected chi connectivity index (χ2v) is 6.21. The predicted molar refractivity (Wildman–Crippen MR) is 72.9 cm³/mol. The third-order valence-corrected chi connectivity index (χ3v) is 4.51.